The van der Waals surface area contributed by atoms with Crippen LogP contribution in [0.25, 0.3) is 0 Å². The van der Waals surface area contributed by atoms with Crippen molar-refractivity contribution in [3.8, 4) is 11.5 Å². The molecule has 0 bridgehead atoms. The molecule has 2 rings (SSSR count). The molecule has 22 heavy (non-hydrogen) atoms. The molecule has 0 spiro atoms. The molecule has 0 aliphatic heterocycles. The van der Waals surface area contributed by atoms with Gasteiger partial charge in [-0.15, -0.1) is 0 Å². The van der Waals surface area contributed by atoms with Gasteiger partial charge in [-0.05, 0) is 46.9 Å². The van der Waals surface area contributed by atoms with Crippen molar-refractivity contribution in [3.05, 3.63) is 56.1 Å². The fourth-order valence-corrected chi connectivity index (χ4v) is 2.46. The van der Waals surface area contributed by atoms with Crippen LogP contribution in [0.15, 0.2) is 41.5 Å². The first-order valence-electron chi connectivity index (χ1n) is 6.16. The van der Waals surface area contributed by atoms with Gasteiger partial charge in [-0.25, -0.2) is 5.43 Å². The first kappa shape index (κ1) is 16.6. The predicted octanol–water partition coefficient (Wildman–Crippen LogP) is 3.42. The maximum absolute atomic E-state index is 11.9. The normalized spacial score (nSPS) is 10.7. The second-order valence-electron chi connectivity index (χ2n) is 4.26. The van der Waals surface area contributed by atoms with Crippen molar-refractivity contribution >= 4 is 46.3 Å². The summed E-state index contributed by atoms with van der Waals surface area (Å²) in [6.07, 6.45) is 1.30. The van der Waals surface area contributed by atoms with E-state index in [0.29, 0.717) is 16.1 Å². The molecule has 1 amide bonds. The molecule has 0 aromatic heterocycles. The summed E-state index contributed by atoms with van der Waals surface area (Å²) in [6.45, 7) is 0. The Hall–Kier alpha value is -1.80. The van der Waals surface area contributed by atoms with E-state index in [-0.39, 0.29) is 17.4 Å². The van der Waals surface area contributed by atoms with Crippen molar-refractivity contribution in [2.45, 2.75) is 0 Å². The number of nitrogens with one attached hydrogen (secondary N) is 1. The molecule has 0 aliphatic carbocycles. The van der Waals surface area contributed by atoms with Gasteiger partial charge in [0.25, 0.3) is 5.91 Å². The Kier molecular flexibility index (Phi) is 5.62. The number of benzene rings is 2. The lowest BCUT2D eigenvalue weighted by Crippen LogP contribution is -2.17. The van der Waals surface area contributed by atoms with Crippen LogP contribution in [0, 0.1) is 3.57 Å². The number of amides is 1. The van der Waals surface area contributed by atoms with E-state index in [9.17, 15) is 9.90 Å². The van der Waals surface area contributed by atoms with Crippen molar-refractivity contribution in [1.29, 1.82) is 0 Å². The largest absolute Gasteiger partial charge is 0.504 e. The number of rotatable bonds is 4. The standard InChI is InChI=1S/C15H12ClIN2O3/c1-22-13-7-11(16)5-10(14(13)20)8-18-19-15(21)9-3-2-4-12(17)6-9/h2-8,20H,1H3,(H,19,21)/b18-8+. The van der Waals surface area contributed by atoms with Gasteiger partial charge < -0.3 is 9.84 Å². The fraction of sp³-hybridized carbons (Fsp3) is 0.0667. The highest BCUT2D eigenvalue weighted by Gasteiger charge is 2.09. The summed E-state index contributed by atoms with van der Waals surface area (Å²) in [7, 11) is 1.42. The SMILES string of the molecule is COc1cc(Cl)cc(/C=N/NC(=O)c2cccc(I)c2)c1O. The Morgan fingerprint density at radius 3 is 2.86 bits per heavy atom. The van der Waals surface area contributed by atoms with Crippen LogP contribution in [-0.4, -0.2) is 24.3 Å². The number of methoxy groups -OCH3 is 1. The second kappa shape index (κ2) is 7.46. The van der Waals surface area contributed by atoms with Gasteiger partial charge in [0.05, 0.1) is 13.3 Å². The summed E-state index contributed by atoms with van der Waals surface area (Å²) in [5.74, 6) is -0.208. The van der Waals surface area contributed by atoms with Crippen molar-refractivity contribution in [3.63, 3.8) is 0 Å². The zero-order valence-corrected chi connectivity index (χ0v) is 14.4. The zero-order valence-electron chi connectivity index (χ0n) is 11.5. The van der Waals surface area contributed by atoms with Crippen molar-refractivity contribution in [2.24, 2.45) is 5.10 Å². The van der Waals surface area contributed by atoms with Gasteiger partial charge in [0.1, 0.15) is 0 Å². The van der Waals surface area contributed by atoms with Gasteiger partial charge in [-0.1, -0.05) is 17.7 Å². The summed E-state index contributed by atoms with van der Waals surface area (Å²) in [5.41, 5.74) is 3.23. The molecule has 0 heterocycles. The van der Waals surface area contributed by atoms with Crippen LogP contribution in [0.4, 0.5) is 0 Å². The topological polar surface area (TPSA) is 70.9 Å². The van der Waals surface area contributed by atoms with Crippen molar-refractivity contribution in [1.82, 2.24) is 5.43 Å². The molecule has 0 fully saturated rings. The highest BCUT2D eigenvalue weighted by Crippen LogP contribution is 2.32. The molecule has 0 aliphatic rings. The minimum atomic E-state index is -0.344. The molecule has 7 heteroatoms. The van der Waals surface area contributed by atoms with Crippen LogP contribution in [0.1, 0.15) is 15.9 Å². The predicted molar refractivity (Wildman–Crippen MR) is 93.9 cm³/mol. The van der Waals surface area contributed by atoms with Crippen LogP contribution in [0.5, 0.6) is 11.5 Å². The Morgan fingerprint density at radius 1 is 1.41 bits per heavy atom. The lowest BCUT2D eigenvalue weighted by molar-refractivity contribution is 0.0955. The lowest BCUT2D eigenvalue weighted by Gasteiger charge is -2.06. The number of hydrazone groups is 1. The number of carbonyl (C=O) groups is 1. The molecule has 2 aromatic rings. The lowest BCUT2D eigenvalue weighted by atomic mass is 10.2. The van der Waals surface area contributed by atoms with Gasteiger partial charge in [-0.2, -0.15) is 5.10 Å². The van der Waals surface area contributed by atoms with Crippen LogP contribution in [0.2, 0.25) is 5.02 Å². The fourth-order valence-electron chi connectivity index (χ4n) is 1.70. The highest BCUT2D eigenvalue weighted by atomic mass is 127. The van der Waals surface area contributed by atoms with E-state index in [1.807, 2.05) is 6.07 Å². The van der Waals surface area contributed by atoms with Gasteiger partial charge in [0.2, 0.25) is 0 Å². The number of halogens is 2. The van der Waals surface area contributed by atoms with Gasteiger partial charge in [-0.3, -0.25) is 4.79 Å². The van der Waals surface area contributed by atoms with E-state index in [4.69, 9.17) is 16.3 Å². The van der Waals surface area contributed by atoms with Gasteiger partial charge >= 0.3 is 0 Å². The quantitative estimate of drug-likeness (QED) is 0.444. The van der Waals surface area contributed by atoms with E-state index in [1.54, 1.807) is 18.2 Å². The number of aromatic hydroxyl groups is 1. The van der Waals surface area contributed by atoms with Gasteiger partial charge in [0, 0.05) is 25.8 Å². The molecule has 0 saturated carbocycles. The van der Waals surface area contributed by atoms with Crippen LogP contribution < -0.4 is 10.2 Å². The molecular formula is C15H12ClIN2O3. The summed E-state index contributed by atoms with van der Waals surface area (Å²) in [4.78, 5) is 11.9. The molecule has 2 aromatic carbocycles. The maximum atomic E-state index is 11.9. The number of carbonyl (C=O) groups excluding carboxylic acids is 1. The minimum absolute atomic E-state index is 0.0980. The molecule has 2 N–H and O–H groups in total. The summed E-state index contributed by atoms with van der Waals surface area (Å²) in [5, 5.41) is 14.2. The van der Waals surface area contributed by atoms with E-state index < -0.39 is 0 Å². The minimum Gasteiger partial charge on any atom is -0.504 e. The average Bonchev–Trinajstić information content (AvgIpc) is 2.50. The number of phenols is 1. The first-order chi connectivity index (χ1) is 10.5. The summed E-state index contributed by atoms with van der Waals surface area (Å²) in [6, 6.07) is 10.1. The van der Waals surface area contributed by atoms with E-state index >= 15 is 0 Å². The first-order valence-corrected chi connectivity index (χ1v) is 7.62. The third-order valence-electron chi connectivity index (χ3n) is 2.75. The van der Waals surface area contributed by atoms with Crippen LogP contribution >= 0.6 is 34.2 Å². The Labute approximate surface area is 146 Å². The molecule has 0 atom stereocenters. The third kappa shape index (κ3) is 4.11. The molecular weight excluding hydrogens is 419 g/mol. The highest BCUT2D eigenvalue weighted by molar-refractivity contribution is 14.1. The summed E-state index contributed by atoms with van der Waals surface area (Å²) >= 11 is 8.04. The molecule has 0 radical (unpaired) electrons. The van der Waals surface area contributed by atoms with Crippen LogP contribution in [0.3, 0.4) is 0 Å². The van der Waals surface area contributed by atoms with Crippen molar-refractivity contribution < 1.29 is 14.6 Å². The van der Waals surface area contributed by atoms with E-state index in [2.05, 4.69) is 33.1 Å². The monoisotopic (exact) mass is 430 g/mol. The van der Waals surface area contributed by atoms with Crippen LogP contribution in [-0.2, 0) is 0 Å². The smallest absolute Gasteiger partial charge is 0.271 e. The second-order valence-corrected chi connectivity index (χ2v) is 5.94. The van der Waals surface area contributed by atoms with E-state index in [1.165, 1.54) is 25.5 Å². The maximum Gasteiger partial charge on any atom is 0.271 e. The van der Waals surface area contributed by atoms with E-state index in [0.717, 1.165) is 3.57 Å². The average molecular weight is 431 g/mol. The van der Waals surface area contributed by atoms with Crippen molar-refractivity contribution in [2.75, 3.05) is 7.11 Å². The molecule has 0 unspecified atom stereocenters. The Morgan fingerprint density at radius 2 is 2.18 bits per heavy atom. The zero-order chi connectivity index (χ0) is 16.1. The number of hydrogen-bond donors (Lipinski definition) is 2. The summed E-state index contributed by atoms with van der Waals surface area (Å²) < 4.78 is 5.94. The number of hydrogen-bond acceptors (Lipinski definition) is 4. The molecule has 114 valence electrons. The number of ether oxygens (including phenoxy) is 1. The Bertz CT molecular complexity index is 735. The molecule has 5 nitrogen and oxygen atoms in total. The number of phenolic OH excluding ortho intramolecular Hbond substituents is 1. The van der Waals surface area contributed by atoms with Gasteiger partial charge in [0.15, 0.2) is 11.5 Å². The molecule has 0 saturated heterocycles. The Balaban J connectivity index is 2.13. The third-order valence-corrected chi connectivity index (χ3v) is 3.63. The number of nitrogens with zero attached hydrogens (tertiary/aromatic N) is 1.